The minimum Gasteiger partial charge on any atom is -0.545 e. The standard InChI is InChI=1S/C17H19NO4S/c1-17(2,3)13-6-10-15(11-7-13)23(21,22)18-14-8-4-12(5-9-14)16(19)20/h4-11,18H,1-3H3,(H,19,20)/p-1. The lowest BCUT2D eigenvalue weighted by Crippen LogP contribution is -2.22. The molecule has 0 aliphatic carbocycles. The van der Waals surface area contributed by atoms with Crippen molar-refractivity contribution in [3.8, 4) is 0 Å². The second-order valence-electron chi connectivity index (χ2n) is 6.24. The number of carboxylic acid groups (broad SMARTS) is 1. The predicted molar refractivity (Wildman–Crippen MR) is 86.7 cm³/mol. The number of carbonyl (C=O) groups is 1. The Labute approximate surface area is 136 Å². The maximum Gasteiger partial charge on any atom is 0.261 e. The molecule has 0 spiro atoms. The summed E-state index contributed by atoms with van der Waals surface area (Å²) in [5.41, 5.74) is 1.25. The van der Waals surface area contributed by atoms with Crippen molar-refractivity contribution >= 4 is 21.7 Å². The zero-order valence-electron chi connectivity index (χ0n) is 13.2. The van der Waals surface area contributed by atoms with Gasteiger partial charge in [-0.25, -0.2) is 8.42 Å². The van der Waals surface area contributed by atoms with Crippen molar-refractivity contribution in [2.45, 2.75) is 31.1 Å². The summed E-state index contributed by atoms with van der Waals surface area (Å²) < 4.78 is 27.1. The third kappa shape index (κ3) is 4.10. The van der Waals surface area contributed by atoms with Crippen LogP contribution in [-0.4, -0.2) is 14.4 Å². The lowest BCUT2D eigenvalue weighted by molar-refractivity contribution is -0.255. The molecular formula is C17H18NO4S-. The second kappa shape index (κ2) is 6.04. The molecule has 5 nitrogen and oxygen atoms in total. The molecule has 122 valence electrons. The molecular weight excluding hydrogens is 314 g/mol. The first-order valence-electron chi connectivity index (χ1n) is 7.04. The van der Waals surface area contributed by atoms with Gasteiger partial charge in [0.25, 0.3) is 10.0 Å². The van der Waals surface area contributed by atoms with Crippen molar-refractivity contribution in [1.29, 1.82) is 0 Å². The largest absolute Gasteiger partial charge is 0.545 e. The molecule has 0 saturated heterocycles. The molecule has 0 fully saturated rings. The van der Waals surface area contributed by atoms with E-state index in [0.717, 1.165) is 5.56 Å². The number of rotatable bonds is 4. The number of benzene rings is 2. The molecule has 0 heterocycles. The van der Waals surface area contributed by atoms with Gasteiger partial charge in [0, 0.05) is 5.69 Å². The third-order valence-electron chi connectivity index (χ3n) is 3.40. The number of hydrogen-bond donors (Lipinski definition) is 1. The van der Waals surface area contributed by atoms with Gasteiger partial charge in [0.2, 0.25) is 0 Å². The first-order chi connectivity index (χ1) is 10.6. The van der Waals surface area contributed by atoms with Crippen LogP contribution in [0.1, 0.15) is 36.7 Å². The maximum atomic E-state index is 12.3. The van der Waals surface area contributed by atoms with E-state index >= 15 is 0 Å². The van der Waals surface area contributed by atoms with E-state index in [2.05, 4.69) is 4.72 Å². The molecule has 2 aromatic rings. The van der Waals surface area contributed by atoms with Gasteiger partial charge in [-0.1, -0.05) is 45.0 Å². The molecule has 0 aliphatic heterocycles. The first-order valence-corrected chi connectivity index (χ1v) is 8.53. The van der Waals surface area contributed by atoms with E-state index < -0.39 is 16.0 Å². The number of carbonyl (C=O) groups excluding carboxylic acids is 1. The van der Waals surface area contributed by atoms with Crippen molar-refractivity contribution in [2.24, 2.45) is 0 Å². The summed E-state index contributed by atoms with van der Waals surface area (Å²) in [5.74, 6) is -1.31. The molecule has 0 aromatic heterocycles. The van der Waals surface area contributed by atoms with E-state index in [1.165, 1.54) is 24.3 Å². The van der Waals surface area contributed by atoms with E-state index in [1.54, 1.807) is 24.3 Å². The zero-order valence-corrected chi connectivity index (χ0v) is 14.0. The highest BCUT2D eigenvalue weighted by Crippen LogP contribution is 2.24. The zero-order chi connectivity index (χ0) is 17.3. The fourth-order valence-corrected chi connectivity index (χ4v) is 3.08. The fraction of sp³-hybridized carbons (Fsp3) is 0.235. The van der Waals surface area contributed by atoms with Crippen LogP contribution in [0.3, 0.4) is 0 Å². The Balaban J connectivity index is 2.23. The number of nitrogens with one attached hydrogen (secondary N) is 1. The summed E-state index contributed by atoms with van der Waals surface area (Å²) in [5, 5.41) is 10.7. The highest BCUT2D eigenvalue weighted by molar-refractivity contribution is 7.92. The number of anilines is 1. The van der Waals surface area contributed by atoms with Crippen molar-refractivity contribution < 1.29 is 18.3 Å². The van der Waals surface area contributed by atoms with E-state index in [0.29, 0.717) is 0 Å². The Morgan fingerprint density at radius 3 is 1.91 bits per heavy atom. The van der Waals surface area contributed by atoms with Crippen LogP contribution < -0.4 is 9.83 Å². The van der Waals surface area contributed by atoms with Crippen molar-refractivity contribution in [2.75, 3.05) is 4.72 Å². The first kappa shape index (κ1) is 17.0. The SMILES string of the molecule is CC(C)(C)c1ccc(S(=O)(=O)Nc2ccc(C(=O)[O-])cc2)cc1. The normalized spacial score (nSPS) is 12.0. The van der Waals surface area contributed by atoms with Gasteiger partial charge in [0.05, 0.1) is 10.9 Å². The van der Waals surface area contributed by atoms with E-state index in [9.17, 15) is 18.3 Å². The number of sulfonamides is 1. The summed E-state index contributed by atoms with van der Waals surface area (Å²) in [4.78, 5) is 10.8. The Kier molecular flexibility index (Phi) is 4.47. The third-order valence-corrected chi connectivity index (χ3v) is 4.80. The van der Waals surface area contributed by atoms with E-state index in [1.807, 2.05) is 20.8 Å². The van der Waals surface area contributed by atoms with Crippen LogP contribution in [0.4, 0.5) is 5.69 Å². The van der Waals surface area contributed by atoms with Crippen LogP contribution in [0, 0.1) is 0 Å². The monoisotopic (exact) mass is 332 g/mol. The van der Waals surface area contributed by atoms with Crippen LogP contribution in [0.25, 0.3) is 0 Å². The highest BCUT2D eigenvalue weighted by Gasteiger charge is 2.17. The van der Waals surface area contributed by atoms with Gasteiger partial charge < -0.3 is 9.90 Å². The van der Waals surface area contributed by atoms with Gasteiger partial charge in [-0.15, -0.1) is 0 Å². The number of hydrogen-bond acceptors (Lipinski definition) is 4. The molecule has 0 amide bonds. The molecule has 0 saturated carbocycles. The lowest BCUT2D eigenvalue weighted by atomic mass is 9.87. The Bertz CT molecular complexity index is 801. The topological polar surface area (TPSA) is 86.3 Å². The van der Waals surface area contributed by atoms with Crippen molar-refractivity contribution in [3.05, 3.63) is 59.7 Å². The van der Waals surface area contributed by atoms with Crippen molar-refractivity contribution in [3.63, 3.8) is 0 Å². The minimum atomic E-state index is -3.72. The minimum absolute atomic E-state index is 0.0116. The molecule has 6 heteroatoms. The van der Waals surface area contributed by atoms with Crippen LogP contribution >= 0.6 is 0 Å². The van der Waals surface area contributed by atoms with Crippen LogP contribution in [0.2, 0.25) is 0 Å². The summed E-state index contributed by atoms with van der Waals surface area (Å²) in [6, 6.07) is 12.0. The summed E-state index contributed by atoms with van der Waals surface area (Å²) in [6.07, 6.45) is 0. The van der Waals surface area contributed by atoms with Crippen molar-refractivity contribution in [1.82, 2.24) is 0 Å². The number of carboxylic acids is 1. The second-order valence-corrected chi connectivity index (χ2v) is 7.93. The van der Waals surface area contributed by atoms with Gasteiger partial charge in [0.15, 0.2) is 0 Å². The van der Waals surface area contributed by atoms with Gasteiger partial charge in [0.1, 0.15) is 0 Å². The quantitative estimate of drug-likeness (QED) is 0.929. The van der Waals surface area contributed by atoms with Gasteiger partial charge in [-0.3, -0.25) is 4.72 Å². The summed E-state index contributed by atoms with van der Waals surface area (Å²) >= 11 is 0. The van der Waals surface area contributed by atoms with E-state index in [-0.39, 0.29) is 21.6 Å². The molecule has 0 radical (unpaired) electrons. The predicted octanol–water partition coefficient (Wildman–Crippen LogP) is 2.15. The fourth-order valence-electron chi connectivity index (χ4n) is 2.02. The lowest BCUT2D eigenvalue weighted by Gasteiger charge is -2.19. The van der Waals surface area contributed by atoms with Gasteiger partial charge in [-0.2, -0.15) is 0 Å². The molecule has 1 N–H and O–H groups in total. The Hall–Kier alpha value is -2.34. The Morgan fingerprint density at radius 2 is 1.48 bits per heavy atom. The molecule has 23 heavy (non-hydrogen) atoms. The molecule has 0 aliphatic rings. The maximum absolute atomic E-state index is 12.3. The molecule has 0 bridgehead atoms. The van der Waals surface area contributed by atoms with Crippen LogP contribution in [0.5, 0.6) is 0 Å². The summed E-state index contributed by atoms with van der Waals surface area (Å²) in [6.45, 7) is 6.15. The molecule has 0 atom stereocenters. The Morgan fingerprint density at radius 1 is 0.957 bits per heavy atom. The van der Waals surface area contributed by atoms with Gasteiger partial charge >= 0.3 is 0 Å². The summed E-state index contributed by atoms with van der Waals surface area (Å²) in [7, 11) is -3.72. The molecule has 2 aromatic carbocycles. The van der Waals surface area contributed by atoms with E-state index in [4.69, 9.17) is 0 Å². The smallest absolute Gasteiger partial charge is 0.261 e. The average molecular weight is 332 g/mol. The van der Waals surface area contributed by atoms with Crippen LogP contribution in [-0.2, 0) is 15.4 Å². The van der Waals surface area contributed by atoms with Crippen LogP contribution in [0.15, 0.2) is 53.4 Å². The molecule has 0 unspecified atom stereocenters. The number of aromatic carboxylic acids is 1. The average Bonchev–Trinajstić information content (AvgIpc) is 2.46. The molecule has 2 rings (SSSR count). The van der Waals surface area contributed by atoms with Gasteiger partial charge in [-0.05, 0) is 40.8 Å². The highest BCUT2D eigenvalue weighted by atomic mass is 32.2.